The predicted molar refractivity (Wildman–Crippen MR) is 76.7 cm³/mol. The first-order valence-corrected chi connectivity index (χ1v) is 7.34. The number of nitrogens with zero attached hydrogens (tertiary/aromatic N) is 2. The lowest BCUT2D eigenvalue weighted by Gasteiger charge is -2.17. The Labute approximate surface area is 117 Å². The molecule has 1 atom stereocenters. The summed E-state index contributed by atoms with van der Waals surface area (Å²) in [5.74, 6) is 0.0495. The monoisotopic (exact) mass is 268 g/mol. The minimum atomic E-state index is 0.0495. The van der Waals surface area contributed by atoms with Gasteiger partial charge < -0.3 is 9.64 Å². The van der Waals surface area contributed by atoms with Crippen molar-refractivity contribution in [3.05, 3.63) is 0 Å². The number of hydrogen-bond donors (Lipinski definition) is 0. The molecule has 0 heterocycles. The van der Waals surface area contributed by atoms with E-state index in [2.05, 4.69) is 13.8 Å². The Morgan fingerprint density at radius 1 is 1.37 bits per heavy atom. The first-order valence-electron chi connectivity index (χ1n) is 7.34. The highest BCUT2D eigenvalue weighted by atomic mass is 16.5. The Hall–Kier alpha value is -1.08. The van der Waals surface area contributed by atoms with Crippen LogP contribution in [0.25, 0.3) is 0 Å². The molecule has 0 aliphatic heterocycles. The van der Waals surface area contributed by atoms with Crippen LogP contribution in [0.2, 0.25) is 0 Å². The molecule has 0 aromatic heterocycles. The van der Waals surface area contributed by atoms with E-state index >= 15 is 0 Å². The molecular weight excluding hydrogens is 240 g/mol. The lowest BCUT2D eigenvalue weighted by Crippen LogP contribution is -2.28. The van der Waals surface area contributed by atoms with Crippen LogP contribution in [0.15, 0.2) is 0 Å². The van der Waals surface area contributed by atoms with E-state index in [0.29, 0.717) is 26.0 Å². The van der Waals surface area contributed by atoms with Gasteiger partial charge in [-0.1, -0.05) is 32.6 Å². The number of carbonyl (C=O) groups is 1. The fourth-order valence-corrected chi connectivity index (χ4v) is 1.82. The number of carbonyl (C=O) groups excluding carboxylic acids is 1. The molecule has 1 unspecified atom stereocenters. The molecule has 0 bridgehead atoms. The summed E-state index contributed by atoms with van der Waals surface area (Å²) in [5, 5.41) is 8.45. The number of unbranched alkanes of at least 4 members (excludes halogenated alkanes) is 3. The molecule has 0 rings (SSSR count). The molecule has 0 aliphatic rings. The highest BCUT2D eigenvalue weighted by Gasteiger charge is 2.09. The van der Waals surface area contributed by atoms with Crippen LogP contribution in [-0.4, -0.2) is 37.1 Å². The second-order valence-electron chi connectivity index (χ2n) is 5.00. The van der Waals surface area contributed by atoms with Crippen molar-refractivity contribution in [2.75, 3.05) is 20.2 Å². The first-order chi connectivity index (χ1) is 9.11. The van der Waals surface area contributed by atoms with Crippen molar-refractivity contribution in [3.8, 4) is 6.07 Å². The van der Waals surface area contributed by atoms with E-state index in [1.54, 1.807) is 11.9 Å². The van der Waals surface area contributed by atoms with Gasteiger partial charge in [-0.3, -0.25) is 4.79 Å². The van der Waals surface area contributed by atoms with E-state index in [0.717, 1.165) is 6.42 Å². The van der Waals surface area contributed by atoms with Gasteiger partial charge in [0.15, 0.2) is 0 Å². The Morgan fingerprint density at radius 2 is 2.11 bits per heavy atom. The summed E-state index contributed by atoms with van der Waals surface area (Å²) >= 11 is 0. The number of rotatable bonds is 11. The average molecular weight is 268 g/mol. The summed E-state index contributed by atoms with van der Waals surface area (Å²) in [6.45, 7) is 5.25. The molecule has 19 heavy (non-hydrogen) atoms. The Morgan fingerprint density at radius 3 is 2.74 bits per heavy atom. The zero-order chi connectivity index (χ0) is 14.5. The second kappa shape index (κ2) is 12.0. The fourth-order valence-electron chi connectivity index (χ4n) is 1.82. The molecule has 0 spiro atoms. The van der Waals surface area contributed by atoms with Gasteiger partial charge in [0.1, 0.15) is 0 Å². The van der Waals surface area contributed by atoms with E-state index in [4.69, 9.17) is 10.00 Å². The Balaban J connectivity index is 3.55. The molecule has 0 aromatic carbocycles. The normalized spacial score (nSPS) is 11.9. The molecule has 0 aromatic rings. The maximum Gasteiger partial charge on any atom is 0.224 e. The third kappa shape index (κ3) is 10.5. The van der Waals surface area contributed by atoms with Crippen LogP contribution in [0.1, 0.15) is 58.8 Å². The van der Waals surface area contributed by atoms with Gasteiger partial charge in [-0.2, -0.15) is 5.26 Å². The van der Waals surface area contributed by atoms with Crippen LogP contribution in [-0.2, 0) is 9.53 Å². The summed E-state index contributed by atoms with van der Waals surface area (Å²) in [4.78, 5) is 13.3. The van der Waals surface area contributed by atoms with E-state index in [-0.39, 0.29) is 12.0 Å². The van der Waals surface area contributed by atoms with Gasteiger partial charge >= 0.3 is 0 Å². The standard InChI is InChI=1S/C15H28N2O2/c1-4-5-6-7-9-14(2)19-13-10-15(18)17(3)12-8-11-16/h14H,4-10,12-13H2,1-3H3. The minimum Gasteiger partial charge on any atom is -0.378 e. The summed E-state index contributed by atoms with van der Waals surface area (Å²) in [6.07, 6.45) is 7.09. The van der Waals surface area contributed by atoms with Crippen LogP contribution in [0, 0.1) is 11.3 Å². The zero-order valence-corrected chi connectivity index (χ0v) is 12.7. The third-order valence-corrected chi connectivity index (χ3v) is 3.17. The number of nitriles is 1. The third-order valence-electron chi connectivity index (χ3n) is 3.17. The lowest BCUT2D eigenvalue weighted by atomic mass is 10.1. The highest BCUT2D eigenvalue weighted by Crippen LogP contribution is 2.08. The van der Waals surface area contributed by atoms with Gasteiger partial charge in [-0.15, -0.1) is 0 Å². The topological polar surface area (TPSA) is 53.3 Å². The SMILES string of the molecule is CCCCCCC(C)OCCC(=O)N(C)CCC#N. The van der Waals surface area contributed by atoms with Crippen molar-refractivity contribution in [1.82, 2.24) is 4.90 Å². The molecule has 0 saturated heterocycles. The smallest absolute Gasteiger partial charge is 0.224 e. The quantitative estimate of drug-likeness (QED) is 0.541. The van der Waals surface area contributed by atoms with Crippen molar-refractivity contribution in [1.29, 1.82) is 5.26 Å². The number of ether oxygens (including phenoxy) is 1. The van der Waals surface area contributed by atoms with Crippen LogP contribution >= 0.6 is 0 Å². The molecule has 4 nitrogen and oxygen atoms in total. The molecule has 110 valence electrons. The maximum absolute atomic E-state index is 11.7. The van der Waals surface area contributed by atoms with Crippen molar-refractivity contribution < 1.29 is 9.53 Å². The van der Waals surface area contributed by atoms with E-state index < -0.39 is 0 Å². The molecule has 0 aliphatic carbocycles. The van der Waals surface area contributed by atoms with E-state index in [1.165, 1.54) is 25.7 Å². The number of amides is 1. The van der Waals surface area contributed by atoms with E-state index in [9.17, 15) is 4.79 Å². The zero-order valence-electron chi connectivity index (χ0n) is 12.7. The predicted octanol–water partition coefficient (Wildman–Crippen LogP) is 3.12. The largest absolute Gasteiger partial charge is 0.378 e. The Bertz CT molecular complexity index is 274. The molecule has 1 amide bonds. The molecule has 0 fully saturated rings. The molecular formula is C15H28N2O2. The number of hydrogen-bond acceptors (Lipinski definition) is 3. The fraction of sp³-hybridized carbons (Fsp3) is 0.867. The van der Waals surface area contributed by atoms with E-state index in [1.807, 2.05) is 6.07 Å². The first kappa shape index (κ1) is 17.9. The van der Waals surface area contributed by atoms with Crippen molar-refractivity contribution >= 4 is 5.91 Å². The van der Waals surface area contributed by atoms with Crippen LogP contribution in [0.4, 0.5) is 0 Å². The van der Waals surface area contributed by atoms with Crippen LogP contribution in [0.3, 0.4) is 0 Å². The molecule has 4 heteroatoms. The lowest BCUT2D eigenvalue weighted by molar-refractivity contribution is -0.131. The van der Waals surface area contributed by atoms with Gasteiger partial charge in [0.05, 0.1) is 31.6 Å². The average Bonchev–Trinajstić information content (AvgIpc) is 2.40. The summed E-state index contributed by atoms with van der Waals surface area (Å²) in [7, 11) is 1.73. The Kier molecular flexibility index (Phi) is 11.3. The van der Waals surface area contributed by atoms with Gasteiger partial charge in [0, 0.05) is 13.6 Å². The molecule has 0 saturated carbocycles. The summed E-state index contributed by atoms with van der Waals surface area (Å²) < 4.78 is 5.63. The van der Waals surface area contributed by atoms with Gasteiger partial charge in [0.2, 0.25) is 5.91 Å². The highest BCUT2D eigenvalue weighted by molar-refractivity contribution is 5.75. The van der Waals surface area contributed by atoms with Crippen molar-refractivity contribution in [2.24, 2.45) is 0 Å². The second-order valence-corrected chi connectivity index (χ2v) is 5.00. The van der Waals surface area contributed by atoms with Crippen molar-refractivity contribution in [3.63, 3.8) is 0 Å². The maximum atomic E-state index is 11.7. The van der Waals surface area contributed by atoms with Gasteiger partial charge in [-0.05, 0) is 13.3 Å². The van der Waals surface area contributed by atoms with Gasteiger partial charge in [0.25, 0.3) is 0 Å². The minimum absolute atomic E-state index is 0.0495. The van der Waals surface area contributed by atoms with Crippen molar-refractivity contribution in [2.45, 2.75) is 64.9 Å². The van der Waals surface area contributed by atoms with Crippen LogP contribution < -0.4 is 0 Å². The molecule has 0 radical (unpaired) electrons. The molecule has 0 N–H and O–H groups in total. The van der Waals surface area contributed by atoms with Crippen LogP contribution in [0.5, 0.6) is 0 Å². The van der Waals surface area contributed by atoms with Gasteiger partial charge in [-0.25, -0.2) is 0 Å². The summed E-state index contributed by atoms with van der Waals surface area (Å²) in [6, 6.07) is 2.04. The summed E-state index contributed by atoms with van der Waals surface area (Å²) in [5.41, 5.74) is 0.